The zero-order valence-corrected chi connectivity index (χ0v) is 17.4. The van der Waals surface area contributed by atoms with Crippen molar-refractivity contribution in [2.24, 2.45) is 5.92 Å². The predicted molar refractivity (Wildman–Crippen MR) is 112 cm³/mol. The summed E-state index contributed by atoms with van der Waals surface area (Å²) in [6, 6.07) is 7.47. The van der Waals surface area contributed by atoms with Gasteiger partial charge in [-0.15, -0.1) is 0 Å². The Kier molecular flexibility index (Phi) is 6.65. The molecule has 1 unspecified atom stereocenters. The first kappa shape index (κ1) is 21.7. The Hall–Kier alpha value is -3.02. The van der Waals surface area contributed by atoms with Crippen molar-refractivity contribution >= 4 is 23.6 Å². The van der Waals surface area contributed by atoms with Gasteiger partial charge in [-0.25, -0.2) is 13.6 Å². The first-order valence-corrected chi connectivity index (χ1v) is 9.90. The number of ether oxygens (including phenoxy) is 1. The smallest absolute Gasteiger partial charge is 0.330 e. The van der Waals surface area contributed by atoms with Gasteiger partial charge in [0, 0.05) is 30.8 Å². The number of benzene rings is 2. The molecule has 0 N–H and O–H groups in total. The fourth-order valence-corrected chi connectivity index (χ4v) is 4.04. The van der Waals surface area contributed by atoms with Crippen LogP contribution in [-0.4, -0.2) is 25.5 Å². The fraction of sp³-hybridized carbons (Fsp3) is 0.333. The van der Waals surface area contributed by atoms with Gasteiger partial charge in [0.05, 0.1) is 7.11 Å². The number of carbonyl (C=O) groups excluding carboxylic acids is 2. The molecule has 0 saturated carbocycles. The van der Waals surface area contributed by atoms with Gasteiger partial charge in [0.1, 0.15) is 11.6 Å². The zero-order chi connectivity index (χ0) is 21.8. The van der Waals surface area contributed by atoms with Crippen LogP contribution in [0.1, 0.15) is 35.1 Å². The summed E-state index contributed by atoms with van der Waals surface area (Å²) in [5, 5.41) is 0. The number of hydrogen-bond donors (Lipinski definition) is 0. The van der Waals surface area contributed by atoms with Gasteiger partial charge in [0.15, 0.2) is 0 Å². The van der Waals surface area contributed by atoms with Crippen LogP contribution in [-0.2, 0) is 20.7 Å². The Morgan fingerprint density at radius 1 is 1.20 bits per heavy atom. The summed E-state index contributed by atoms with van der Waals surface area (Å²) >= 11 is 0. The number of rotatable bonds is 5. The van der Waals surface area contributed by atoms with E-state index in [-0.39, 0.29) is 11.8 Å². The molecule has 1 amide bonds. The highest BCUT2D eigenvalue weighted by Gasteiger charge is 2.29. The SMILES string of the molecule is COC(=O)/C=C/c1cc(C)c(N2CC(Cc3ccc(F)cc3F)CCC2=O)c(C)c1. The van der Waals surface area contributed by atoms with E-state index in [1.165, 1.54) is 25.3 Å². The molecule has 1 aliphatic heterocycles. The molecule has 6 heteroatoms. The molecule has 0 spiro atoms. The summed E-state index contributed by atoms with van der Waals surface area (Å²) in [6.45, 7) is 4.33. The molecule has 3 rings (SSSR count). The van der Waals surface area contributed by atoms with E-state index in [1.54, 1.807) is 11.0 Å². The lowest BCUT2D eigenvalue weighted by Crippen LogP contribution is -2.41. The maximum absolute atomic E-state index is 14.1. The van der Waals surface area contributed by atoms with Gasteiger partial charge in [0.25, 0.3) is 0 Å². The quantitative estimate of drug-likeness (QED) is 0.525. The zero-order valence-electron chi connectivity index (χ0n) is 17.4. The average Bonchev–Trinajstić information content (AvgIpc) is 2.70. The molecular formula is C24H25F2NO3. The number of aryl methyl sites for hydroxylation is 2. The van der Waals surface area contributed by atoms with Crippen molar-refractivity contribution in [3.63, 3.8) is 0 Å². The Morgan fingerprint density at radius 2 is 1.90 bits per heavy atom. The molecule has 1 fully saturated rings. The second kappa shape index (κ2) is 9.20. The van der Waals surface area contributed by atoms with Crippen molar-refractivity contribution < 1.29 is 23.1 Å². The molecule has 1 aliphatic rings. The first-order chi connectivity index (χ1) is 14.3. The fourth-order valence-electron chi connectivity index (χ4n) is 4.04. The normalized spacial score (nSPS) is 16.9. The van der Waals surface area contributed by atoms with Gasteiger partial charge < -0.3 is 9.64 Å². The topological polar surface area (TPSA) is 46.6 Å². The highest BCUT2D eigenvalue weighted by Crippen LogP contribution is 2.32. The molecule has 4 nitrogen and oxygen atoms in total. The minimum absolute atomic E-state index is 0.0369. The Labute approximate surface area is 175 Å². The third-order valence-electron chi connectivity index (χ3n) is 5.43. The molecule has 2 aromatic carbocycles. The summed E-state index contributed by atoms with van der Waals surface area (Å²) in [5.74, 6) is -1.46. The number of nitrogens with zero attached hydrogens (tertiary/aromatic N) is 1. The van der Waals surface area contributed by atoms with Crippen LogP contribution in [0.25, 0.3) is 6.08 Å². The summed E-state index contributed by atoms with van der Waals surface area (Å²) in [7, 11) is 1.32. The van der Waals surface area contributed by atoms with Crippen LogP contribution in [0.15, 0.2) is 36.4 Å². The third kappa shape index (κ3) is 4.93. The molecule has 0 bridgehead atoms. The molecule has 1 saturated heterocycles. The van der Waals surface area contributed by atoms with Crippen LogP contribution < -0.4 is 4.90 Å². The van der Waals surface area contributed by atoms with Crippen LogP contribution in [0.4, 0.5) is 14.5 Å². The van der Waals surface area contributed by atoms with Crippen LogP contribution in [0, 0.1) is 31.4 Å². The maximum Gasteiger partial charge on any atom is 0.330 e. The Balaban J connectivity index is 1.82. The Morgan fingerprint density at radius 3 is 2.53 bits per heavy atom. The second-order valence-electron chi connectivity index (χ2n) is 7.71. The molecule has 1 heterocycles. The molecule has 0 aliphatic carbocycles. The molecule has 1 atom stereocenters. The van der Waals surface area contributed by atoms with Crippen molar-refractivity contribution in [2.45, 2.75) is 33.1 Å². The number of carbonyl (C=O) groups is 2. The van der Waals surface area contributed by atoms with Gasteiger partial charge in [-0.1, -0.05) is 6.07 Å². The lowest BCUT2D eigenvalue weighted by atomic mass is 9.89. The van der Waals surface area contributed by atoms with E-state index in [4.69, 9.17) is 0 Å². The van der Waals surface area contributed by atoms with Crippen molar-refractivity contribution in [2.75, 3.05) is 18.6 Å². The van der Waals surface area contributed by atoms with Crippen molar-refractivity contribution in [3.8, 4) is 0 Å². The minimum Gasteiger partial charge on any atom is -0.466 e. The van der Waals surface area contributed by atoms with Gasteiger partial charge in [0.2, 0.25) is 5.91 Å². The Bertz CT molecular complexity index is 977. The molecule has 2 aromatic rings. The monoisotopic (exact) mass is 413 g/mol. The van der Waals surface area contributed by atoms with Gasteiger partial charge in [-0.05, 0) is 79.1 Å². The van der Waals surface area contributed by atoms with E-state index < -0.39 is 17.6 Å². The number of hydrogen-bond acceptors (Lipinski definition) is 3. The largest absolute Gasteiger partial charge is 0.466 e. The van der Waals surface area contributed by atoms with E-state index in [1.807, 2.05) is 26.0 Å². The number of halogens is 2. The van der Waals surface area contributed by atoms with E-state index in [0.29, 0.717) is 31.4 Å². The van der Waals surface area contributed by atoms with E-state index in [9.17, 15) is 18.4 Å². The van der Waals surface area contributed by atoms with Gasteiger partial charge in [-0.3, -0.25) is 4.79 Å². The molecule has 30 heavy (non-hydrogen) atoms. The van der Waals surface area contributed by atoms with Crippen molar-refractivity contribution in [3.05, 3.63) is 70.3 Å². The standard InChI is InChI=1S/C24H25F2NO3/c1-15-10-17(5-9-23(29)30-3)11-16(2)24(15)27-14-18(4-8-22(27)28)12-19-6-7-20(25)13-21(19)26/h5-7,9-11,13,18H,4,8,12,14H2,1-3H3/b9-5+. The number of methoxy groups -OCH3 is 1. The number of amides is 1. The van der Waals surface area contributed by atoms with E-state index in [0.717, 1.165) is 28.4 Å². The first-order valence-electron chi connectivity index (χ1n) is 9.90. The summed E-state index contributed by atoms with van der Waals surface area (Å²) in [6.07, 6.45) is 4.54. The highest BCUT2D eigenvalue weighted by atomic mass is 19.1. The van der Waals surface area contributed by atoms with Crippen LogP contribution >= 0.6 is 0 Å². The van der Waals surface area contributed by atoms with Crippen molar-refractivity contribution in [1.29, 1.82) is 0 Å². The summed E-state index contributed by atoms with van der Waals surface area (Å²) < 4.78 is 31.9. The molecule has 0 aromatic heterocycles. The predicted octanol–water partition coefficient (Wildman–Crippen LogP) is 4.75. The number of anilines is 1. The van der Waals surface area contributed by atoms with Crippen LogP contribution in [0.5, 0.6) is 0 Å². The van der Waals surface area contributed by atoms with Crippen molar-refractivity contribution in [1.82, 2.24) is 0 Å². The summed E-state index contributed by atoms with van der Waals surface area (Å²) in [4.78, 5) is 25.8. The molecular weight excluding hydrogens is 388 g/mol. The van der Waals surface area contributed by atoms with Crippen LogP contribution in [0.3, 0.4) is 0 Å². The highest BCUT2D eigenvalue weighted by molar-refractivity contribution is 5.96. The van der Waals surface area contributed by atoms with Crippen LogP contribution in [0.2, 0.25) is 0 Å². The number of piperidine rings is 1. The summed E-state index contributed by atoms with van der Waals surface area (Å²) in [5.41, 5.74) is 3.99. The molecule has 0 radical (unpaired) electrons. The third-order valence-corrected chi connectivity index (χ3v) is 5.43. The second-order valence-corrected chi connectivity index (χ2v) is 7.71. The van der Waals surface area contributed by atoms with E-state index in [2.05, 4.69) is 4.74 Å². The average molecular weight is 413 g/mol. The van der Waals surface area contributed by atoms with Gasteiger partial charge in [-0.2, -0.15) is 0 Å². The lowest BCUT2D eigenvalue weighted by molar-refractivity contribution is -0.134. The molecule has 158 valence electrons. The van der Waals surface area contributed by atoms with Gasteiger partial charge >= 0.3 is 5.97 Å². The van der Waals surface area contributed by atoms with E-state index >= 15 is 0 Å². The maximum atomic E-state index is 14.1. The lowest BCUT2D eigenvalue weighted by Gasteiger charge is -2.35. The minimum atomic E-state index is -0.593. The number of esters is 1.